The number of amides is 1. The maximum absolute atomic E-state index is 12.2. The number of nitrogens with zero attached hydrogens (tertiary/aromatic N) is 5. The molecule has 0 aliphatic carbocycles. The lowest BCUT2D eigenvalue weighted by atomic mass is 10.2. The van der Waals surface area contributed by atoms with Gasteiger partial charge in [0.05, 0.1) is 18.4 Å². The van der Waals surface area contributed by atoms with Gasteiger partial charge in [-0.25, -0.2) is 0 Å². The zero-order valence-electron chi connectivity index (χ0n) is 14.1. The maximum Gasteiger partial charge on any atom is 0.273 e. The molecule has 0 aromatic carbocycles. The van der Waals surface area contributed by atoms with E-state index in [2.05, 4.69) is 31.0 Å². The molecule has 1 amide bonds. The summed E-state index contributed by atoms with van der Waals surface area (Å²) in [6.07, 6.45) is 1.69. The molecule has 0 bridgehead atoms. The van der Waals surface area contributed by atoms with Crippen LogP contribution >= 0.6 is 0 Å². The molecule has 3 rings (SSSR count). The van der Waals surface area contributed by atoms with E-state index in [9.17, 15) is 4.79 Å². The van der Waals surface area contributed by atoms with Crippen LogP contribution in [0.5, 0.6) is 0 Å². The number of nitrogens with one attached hydrogen (secondary N) is 2. The van der Waals surface area contributed by atoms with Crippen molar-refractivity contribution in [1.82, 2.24) is 35.7 Å². The maximum atomic E-state index is 12.2. The van der Waals surface area contributed by atoms with Crippen LogP contribution in [0.25, 0.3) is 0 Å². The molecule has 1 fully saturated rings. The van der Waals surface area contributed by atoms with Crippen molar-refractivity contribution >= 4 is 5.91 Å². The molecule has 1 saturated heterocycles. The van der Waals surface area contributed by atoms with E-state index in [1.54, 1.807) is 10.9 Å². The highest BCUT2D eigenvalue weighted by atomic mass is 16.5. The summed E-state index contributed by atoms with van der Waals surface area (Å²) < 4.78 is 6.80. The smallest absolute Gasteiger partial charge is 0.273 e. The molecular formula is C15H23N7O2. The Morgan fingerprint density at radius 1 is 1.33 bits per heavy atom. The van der Waals surface area contributed by atoms with E-state index >= 15 is 0 Å². The number of piperazine rings is 1. The molecule has 3 heterocycles. The predicted molar refractivity (Wildman–Crippen MR) is 86.5 cm³/mol. The second kappa shape index (κ2) is 7.54. The van der Waals surface area contributed by atoms with Crippen molar-refractivity contribution < 1.29 is 9.32 Å². The van der Waals surface area contributed by atoms with Crippen LogP contribution in [0.15, 0.2) is 10.7 Å². The molecule has 0 saturated carbocycles. The molecule has 0 unspecified atom stereocenters. The number of aromatic nitrogens is 4. The van der Waals surface area contributed by atoms with Gasteiger partial charge in [0.15, 0.2) is 5.69 Å². The Labute approximate surface area is 140 Å². The summed E-state index contributed by atoms with van der Waals surface area (Å²) >= 11 is 0. The Morgan fingerprint density at radius 2 is 2.12 bits per heavy atom. The molecule has 0 spiro atoms. The van der Waals surface area contributed by atoms with Crippen LogP contribution in [-0.2, 0) is 13.1 Å². The van der Waals surface area contributed by atoms with Crippen LogP contribution < -0.4 is 10.6 Å². The Kier molecular flexibility index (Phi) is 5.21. The van der Waals surface area contributed by atoms with E-state index in [4.69, 9.17) is 4.52 Å². The third-order valence-electron chi connectivity index (χ3n) is 4.23. The lowest BCUT2D eigenvalue weighted by molar-refractivity contribution is 0.0945. The van der Waals surface area contributed by atoms with Crippen molar-refractivity contribution in [2.45, 2.75) is 26.9 Å². The van der Waals surface area contributed by atoms with Crippen LogP contribution in [-0.4, -0.2) is 63.7 Å². The summed E-state index contributed by atoms with van der Waals surface area (Å²) in [6.45, 7) is 9.81. The van der Waals surface area contributed by atoms with Gasteiger partial charge >= 0.3 is 0 Å². The van der Waals surface area contributed by atoms with Crippen LogP contribution in [0, 0.1) is 13.8 Å². The van der Waals surface area contributed by atoms with Crippen LogP contribution in [0.3, 0.4) is 0 Å². The van der Waals surface area contributed by atoms with Crippen LogP contribution in [0.2, 0.25) is 0 Å². The first kappa shape index (κ1) is 16.6. The minimum absolute atomic E-state index is 0.247. The summed E-state index contributed by atoms with van der Waals surface area (Å²) in [5.41, 5.74) is 2.00. The number of hydrogen-bond acceptors (Lipinski definition) is 7. The number of aryl methyl sites for hydroxylation is 2. The molecule has 9 heteroatoms. The molecule has 130 valence electrons. The van der Waals surface area contributed by atoms with Crippen LogP contribution in [0.4, 0.5) is 0 Å². The summed E-state index contributed by atoms with van der Waals surface area (Å²) in [4.78, 5) is 14.6. The molecule has 2 N–H and O–H groups in total. The van der Waals surface area contributed by atoms with E-state index in [0.717, 1.165) is 50.5 Å². The Hall–Kier alpha value is -2.26. The van der Waals surface area contributed by atoms with Gasteiger partial charge < -0.3 is 15.2 Å². The van der Waals surface area contributed by atoms with E-state index in [1.807, 2.05) is 13.8 Å². The van der Waals surface area contributed by atoms with Gasteiger partial charge in [-0.2, -0.15) is 0 Å². The van der Waals surface area contributed by atoms with Gasteiger partial charge in [-0.15, -0.1) is 5.10 Å². The zero-order valence-corrected chi connectivity index (χ0v) is 14.1. The third kappa shape index (κ3) is 3.98. The average molecular weight is 333 g/mol. The van der Waals surface area contributed by atoms with Crippen molar-refractivity contribution in [2.24, 2.45) is 0 Å². The van der Waals surface area contributed by atoms with Gasteiger partial charge in [0.25, 0.3) is 5.91 Å². The van der Waals surface area contributed by atoms with Gasteiger partial charge in [0.1, 0.15) is 5.76 Å². The van der Waals surface area contributed by atoms with Gasteiger partial charge in [0.2, 0.25) is 0 Å². The number of rotatable bonds is 6. The van der Waals surface area contributed by atoms with Crippen molar-refractivity contribution in [3.8, 4) is 0 Å². The third-order valence-corrected chi connectivity index (χ3v) is 4.23. The molecule has 24 heavy (non-hydrogen) atoms. The molecule has 0 atom stereocenters. The molecule has 1 aliphatic heterocycles. The quantitative estimate of drug-likeness (QED) is 0.749. The lowest BCUT2D eigenvalue weighted by Gasteiger charge is -2.26. The van der Waals surface area contributed by atoms with E-state index in [1.165, 1.54) is 0 Å². The summed E-state index contributed by atoms with van der Waals surface area (Å²) in [6, 6.07) is 0. The predicted octanol–water partition coefficient (Wildman–Crippen LogP) is -0.282. The summed E-state index contributed by atoms with van der Waals surface area (Å²) in [5.74, 6) is 0.468. The van der Waals surface area contributed by atoms with Crippen molar-refractivity contribution in [3.63, 3.8) is 0 Å². The Balaban J connectivity index is 1.50. The van der Waals surface area contributed by atoms with Gasteiger partial charge in [0, 0.05) is 44.8 Å². The standard InChI is InChI=1S/C15H23N7O2/c1-11-13(12(2)24-19-11)9-17-15(23)14-10-22(20-18-14)8-7-21-5-3-16-4-6-21/h10,16H,3-9H2,1-2H3,(H,17,23). The molecule has 9 nitrogen and oxygen atoms in total. The van der Waals surface area contributed by atoms with Gasteiger partial charge in [-0.05, 0) is 13.8 Å². The number of hydrogen-bond donors (Lipinski definition) is 2. The molecule has 2 aromatic rings. The highest BCUT2D eigenvalue weighted by Gasteiger charge is 2.15. The van der Waals surface area contributed by atoms with Crippen LogP contribution in [0.1, 0.15) is 27.5 Å². The Bertz CT molecular complexity index is 668. The topological polar surface area (TPSA) is 101 Å². The first-order valence-electron chi connectivity index (χ1n) is 8.16. The normalized spacial score (nSPS) is 15.6. The highest BCUT2D eigenvalue weighted by molar-refractivity contribution is 5.91. The number of carbonyl (C=O) groups excluding carboxylic acids is 1. The van der Waals surface area contributed by atoms with Crippen molar-refractivity contribution in [3.05, 3.63) is 28.9 Å². The van der Waals surface area contributed by atoms with Crippen molar-refractivity contribution in [2.75, 3.05) is 32.7 Å². The monoisotopic (exact) mass is 333 g/mol. The summed E-state index contributed by atoms with van der Waals surface area (Å²) in [7, 11) is 0. The molecule has 2 aromatic heterocycles. The first-order chi connectivity index (χ1) is 11.6. The van der Waals surface area contributed by atoms with Gasteiger partial charge in [-0.3, -0.25) is 14.4 Å². The van der Waals surface area contributed by atoms with Gasteiger partial charge in [-0.1, -0.05) is 10.4 Å². The lowest BCUT2D eigenvalue weighted by Crippen LogP contribution is -2.44. The Morgan fingerprint density at radius 3 is 2.83 bits per heavy atom. The first-order valence-corrected chi connectivity index (χ1v) is 8.16. The fourth-order valence-corrected chi connectivity index (χ4v) is 2.70. The number of carbonyl (C=O) groups is 1. The van der Waals surface area contributed by atoms with E-state index in [-0.39, 0.29) is 5.91 Å². The van der Waals surface area contributed by atoms with Crippen molar-refractivity contribution in [1.29, 1.82) is 0 Å². The molecule has 0 radical (unpaired) electrons. The average Bonchev–Trinajstić information content (AvgIpc) is 3.19. The van der Waals surface area contributed by atoms with E-state index < -0.39 is 0 Å². The molecule has 1 aliphatic rings. The fraction of sp³-hybridized carbons (Fsp3) is 0.600. The summed E-state index contributed by atoms with van der Waals surface area (Å²) in [5, 5.41) is 18.0. The minimum atomic E-state index is -0.247. The second-order valence-electron chi connectivity index (χ2n) is 5.94. The SMILES string of the molecule is Cc1noc(C)c1CNC(=O)c1cn(CCN2CCNCC2)nn1. The second-order valence-corrected chi connectivity index (χ2v) is 5.94. The molecular weight excluding hydrogens is 310 g/mol. The fourth-order valence-electron chi connectivity index (χ4n) is 2.70. The zero-order chi connectivity index (χ0) is 16.9. The van der Waals surface area contributed by atoms with E-state index in [0.29, 0.717) is 18.0 Å². The minimum Gasteiger partial charge on any atom is -0.361 e. The largest absolute Gasteiger partial charge is 0.361 e. The highest BCUT2D eigenvalue weighted by Crippen LogP contribution is 2.11.